The molecule has 0 bridgehead atoms. The van der Waals surface area contributed by atoms with Gasteiger partial charge in [0.25, 0.3) is 0 Å². The molecule has 0 amide bonds. The normalized spacial score (nSPS) is 11.0. The van der Waals surface area contributed by atoms with Crippen LogP contribution in [-0.2, 0) is 0 Å². The van der Waals surface area contributed by atoms with Crippen molar-refractivity contribution in [2.24, 2.45) is 0 Å². The second-order valence-electron chi connectivity index (χ2n) is 5.23. The molecule has 0 saturated heterocycles. The zero-order valence-corrected chi connectivity index (χ0v) is 12.0. The van der Waals surface area contributed by atoms with Crippen molar-refractivity contribution >= 4 is 5.65 Å². The fourth-order valence-electron chi connectivity index (χ4n) is 2.71. The lowest BCUT2D eigenvalue weighted by Crippen LogP contribution is -2.08. The molecule has 4 nitrogen and oxygen atoms in total. The second-order valence-corrected chi connectivity index (χ2v) is 5.23. The van der Waals surface area contributed by atoms with Crippen LogP contribution in [0, 0.1) is 5.82 Å². The summed E-state index contributed by atoms with van der Waals surface area (Å²) in [5.74, 6) is -0.279. The Hall–Kier alpha value is -3.21. The molecule has 5 heteroatoms. The van der Waals surface area contributed by atoms with E-state index in [9.17, 15) is 9.18 Å². The van der Waals surface area contributed by atoms with Crippen molar-refractivity contribution in [1.82, 2.24) is 14.6 Å². The highest BCUT2D eigenvalue weighted by molar-refractivity contribution is 5.83. The highest BCUT2D eigenvalue weighted by atomic mass is 19.1. The molecule has 0 saturated carbocycles. The highest BCUT2D eigenvalue weighted by Gasteiger charge is 2.09. The van der Waals surface area contributed by atoms with E-state index in [2.05, 4.69) is 10.2 Å². The molecule has 0 aliphatic carbocycles. The number of hydrogen-bond acceptors (Lipinski definition) is 2. The van der Waals surface area contributed by atoms with Gasteiger partial charge in [-0.3, -0.25) is 0 Å². The number of H-pyrrole nitrogens is 1. The van der Waals surface area contributed by atoms with E-state index in [1.165, 1.54) is 16.5 Å². The molecule has 0 aliphatic rings. The highest BCUT2D eigenvalue weighted by Crippen LogP contribution is 2.32. The molecule has 0 fully saturated rings. The molecular weight excluding hydrogens is 293 g/mol. The molecule has 0 aliphatic heterocycles. The predicted molar refractivity (Wildman–Crippen MR) is 86.6 cm³/mol. The Morgan fingerprint density at radius 1 is 0.913 bits per heavy atom. The van der Waals surface area contributed by atoms with E-state index in [0.717, 1.165) is 22.3 Å². The van der Waals surface area contributed by atoms with E-state index >= 15 is 0 Å². The van der Waals surface area contributed by atoms with E-state index in [4.69, 9.17) is 0 Å². The van der Waals surface area contributed by atoms with Crippen molar-refractivity contribution < 1.29 is 4.39 Å². The molecule has 4 aromatic rings. The first kappa shape index (κ1) is 13.5. The average molecular weight is 305 g/mol. The smallest absolute Gasteiger partial charge is 0.250 e. The van der Waals surface area contributed by atoms with Gasteiger partial charge >= 0.3 is 5.69 Å². The number of halogens is 1. The van der Waals surface area contributed by atoms with Gasteiger partial charge in [0.15, 0.2) is 5.65 Å². The van der Waals surface area contributed by atoms with Gasteiger partial charge in [0.05, 0.1) is 0 Å². The first-order chi connectivity index (χ1) is 11.2. The van der Waals surface area contributed by atoms with E-state index in [-0.39, 0.29) is 11.5 Å². The van der Waals surface area contributed by atoms with Gasteiger partial charge in [-0.2, -0.15) is 5.10 Å². The van der Waals surface area contributed by atoms with Crippen molar-refractivity contribution in [1.29, 1.82) is 0 Å². The average Bonchev–Trinajstić information content (AvgIpc) is 2.95. The lowest BCUT2D eigenvalue weighted by Gasteiger charge is -2.10. The van der Waals surface area contributed by atoms with Crippen molar-refractivity contribution in [3.05, 3.63) is 83.2 Å². The second kappa shape index (κ2) is 5.21. The SMILES string of the molecule is O=c1[nH]nc2ccc(-c3ccccc3-c3cccc(F)c3)cn12. The molecule has 0 unspecified atom stereocenters. The summed E-state index contributed by atoms with van der Waals surface area (Å²) in [6.45, 7) is 0. The summed E-state index contributed by atoms with van der Waals surface area (Å²) < 4.78 is 15.0. The number of nitrogens with zero attached hydrogens (tertiary/aromatic N) is 2. The zero-order valence-electron chi connectivity index (χ0n) is 12.0. The Morgan fingerprint density at radius 3 is 2.48 bits per heavy atom. The topological polar surface area (TPSA) is 50.2 Å². The third-order valence-corrected chi connectivity index (χ3v) is 3.79. The lowest BCUT2D eigenvalue weighted by molar-refractivity contribution is 0.628. The van der Waals surface area contributed by atoms with Crippen LogP contribution in [-0.4, -0.2) is 14.6 Å². The third kappa shape index (κ3) is 2.32. The van der Waals surface area contributed by atoms with Crippen molar-refractivity contribution in [2.45, 2.75) is 0 Å². The molecule has 112 valence electrons. The standard InChI is InChI=1S/C18H12FN3O/c19-14-5-3-4-12(10-14)15-6-1-2-7-16(15)13-8-9-17-20-21-18(23)22(17)11-13/h1-11H,(H,21,23). The molecule has 1 N–H and O–H groups in total. The zero-order chi connectivity index (χ0) is 15.8. The molecule has 2 aromatic heterocycles. The Bertz CT molecular complexity index is 1070. The van der Waals surface area contributed by atoms with Crippen molar-refractivity contribution in [2.75, 3.05) is 0 Å². The van der Waals surface area contributed by atoms with Gasteiger partial charge in [0.2, 0.25) is 0 Å². The summed E-state index contributed by atoms with van der Waals surface area (Å²) >= 11 is 0. The van der Waals surface area contributed by atoms with Crippen molar-refractivity contribution in [3.8, 4) is 22.3 Å². The Balaban J connectivity index is 1.94. The summed E-state index contributed by atoms with van der Waals surface area (Å²) in [4.78, 5) is 11.8. The predicted octanol–water partition coefficient (Wildman–Crippen LogP) is 3.50. The summed E-state index contributed by atoms with van der Waals surface area (Å²) in [6.07, 6.45) is 1.74. The van der Waals surface area contributed by atoms with Crippen LogP contribution < -0.4 is 5.69 Å². The van der Waals surface area contributed by atoms with Crippen LogP contribution in [0.5, 0.6) is 0 Å². The number of aromatic nitrogens is 3. The van der Waals surface area contributed by atoms with E-state index < -0.39 is 0 Å². The van der Waals surface area contributed by atoms with Gasteiger partial charge in [-0.1, -0.05) is 36.4 Å². The van der Waals surface area contributed by atoms with Gasteiger partial charge in [-0.15, -0.1) is 0 Å². The molecule has 23 heavy (non-hydrogen) atoms. The number of fused-ring (bicyclic) bond motifs is 1. The number of aromatic amines is 1. The van der Waals surface area contributed by atoms with Gasteiger partial charge in [-0.05, 0) is 46.5 Å². The minimum absolute atomic E-state index is 0.279. The number of rotatable bonds is 2. The molecule has 2 heterocycles. The van der Waals surface area contributed by atoms with Crippen molar-refractivity contribution in [3.63, 3.8) is 0 Å². The van der Waals surface area contributed by atoms with Gasteiger partial charge < -0.3 is 0 Å². The van der Waals surface area contributed by atoms with Crippen LogP contribution >= 0.6 is 0 Å². The first-order valence-corrected chi connectivity index (χ1v) is 7.14. The fraction of sp³-hybridized carbons (Fsp3) is 0. The lowest BCUT2D eigenvalue weighted by atomic mass is 9.95. The number of hydrogen-bond donors (Lipinski definition) is 1. The molecular formula is C18H12FN3O. The maximum atomic E-state index is 13.5. The van der Waals surface area contributed by atoms with Gasteiger partial charge in [-0.25, -0.2) is 18.7 Å². The summed E-state index contributed by atoms with van der Waals surface area (Å²) in [5.41, 5.74) is 3.75. The Morgan fingerprint density at radius 2 is 1.70 bits per heavy atom. The van der Waals surface area contributed by atoms with Crippen LogP contribution in [0.1, 0.15) is 0 Å². The maximum Gasteiger partial charge on any atom is 0.347 e. The minimum atomic E-state index is -0.287. The number of benzene rings is 2. The number of nitrogens with one attached hydrogen (secondary N) is 1. The summed E-state index contributed by atoms with van der Waals surface area (Å²) in [7, 11) is 0. The van der Waals surface area contributed by atoms with Crippen LogP contribution in [0.4, 0.5) is 4.39 Å². The van der Waals surface area contributed by atoms with E-state index in [0.29, 0.717) is 5.65 Å². The number of pyridine rings is 1. The molecule has 4 rings (SSSR count). The van der Waals surface area contributed by atoms with Crippen LogP contribution in [0.2, 0.25) is 0 Å². The summed E-state index contributed by atoms with van der Waals surface area (Å²) in [5, 5.41) is 6.34. The Kier molecular flexibility index (Phi) is 3.05. The van der Waals surface area contributed by atoms with Gasteiger partial charge in [0.1, 0.15) is 5.82 Å². The first-order valence-electron chi connectivity index (χ1n) is 7.14. The van der Waals surface area contributed by atoms with E-state index in [1.54, 1.807) is 18.3 Å². The van der Waals surface area contributed by atoms with E-state index in [1.807, 2.05) is 36.4 Å². The monoisotopic (exact) mass is 305 g/mol. The molecule has 0 atom stereocenters. The largest absolute Gasteiger partial charge is 0.347 e. The van der Waals surface area contributed by atoms with Gasteiger partial charge in [0, 0.05) is 6.20 Å². The fourth-order valence-corrected chi connectivity index (χ4v) is 2.71. The molecule has 2 aromatic carbocycles. The van der Waals surface area contributed by atoms with Crippen LogP contribution in [0.15, 0.2) is 71.7 Å². The van der Waals surface area contributed by atoms with Crippen LogP contribution in [0.25, 0.3) is 27.9 Å². The quantitative estimate of drug-likeness (QED) is 0.616. The third-order valence-electron chi connectivity index (χ3n) is 3.79. The van der Waals surface area contributed by atoms with Crippen LogP contribution in [0.3, 0.4) is 0 Å². The molecule has 0 radical (unpaired) electrons. The molecule has 0 spiro atoms. The summed E-state index contributed by atoms with van der Waals surface area (Å²) in [6, 6.07) is 17.9. The Labute approximate surface area is 130 Å². The minimum Gasteiger partial charge on any atom is -0.250 e. The maximum absolute atomic E-state index is 13.5.